The topological polar surface area (TPSA) is 52.0 Å². The number of hydrogen-bond donors (Lipinski definition) is 0. The first-order chi connectivity index (χ1) is 9.43. The molecular weight excluding hydrogens is 340 g/mol. The van der Waals surface area contributed by atoms with E-state index in [1.54, 1.807) is 17.6 Å². The van der Waals surface area contributed by atoms with Crippen LogP contribution in [0.5, 0.6) is 0 Å². The third-order valence-electron chi connectivity index (χ3n) is 3.05. The Kier molecular flexibility index (Phi) is 4.65. The molecule has 0 aliphatic rings. The first-order valence-electron chi connectivity index (χ1n) is 6.31. The van der Waals surface area contributed by atoms with Gasteiger partial charge in [-0.1, -0.05) is 27.7 Å². The Balaban J connectivity index is 2.63. The Labute approximate surface area is 129 Å². The van der Waals surface area contributed by atoms with Gasteiger partial charge in [-0.3, -0.25) is 14.2 Å². The van der Waals surface area contributed by atoms with E-state index in [2.05, 4.69) is 20.9 Å². The first kappa shape index (κ1) is 15.3. The van der Waals surface area contributed by atoms with Crippen LogP contribution in [0, 0.1) is 0 Å². The third-order valence-corrected chi connectivity index (χ3v) is 4.75. The Hall–Kier alpha value is -1.14. The monoisotopic (exact) mass is 354 g/mol. The van der Waals surface area contributed by atoms with Crippen LogP contribution in [0.2, 0.25) is 0 Å². The minimum Gasteiger partial charge on any atom is -0.299 e. The second-order valence-corrected chi connectivity index (χ2v) is 6.70. The summed E-state index contributed by atoms with van der Waals surface area (Å²) < 4.78 is 2.46. The van der Waals surface area contributed by atoms with Crippen LogP contribution in [-0.4, -0.2) is 20.6 Å². The van der Waals surface area contributed by atoms with Gasteiger partial charge in [-0.05, 0) is 39.0 Å². The number of fused-ring (bicyclic) bond motifs is 1. The zero-order valence-electron chi connectivity index (χ0n) is 11.5. The SMILES string of the molecule is CCn1c(SC(C)C(C)=O)nc2ccc(Br)cc2c1=O. The average Bonchev–Trinajstić information content (AvgIpc) is 2.40. The Morgan fingerprint density at radius 1 is 1.50 bits per heavy atom. The molecule has 0 aliphatic heterocycles. The predicted molar refractivity (Wildman–Crippen MR) is 85.4 cm³/mol. The van der Waals surface area contributed by atoms with Crippen LogP contribution in [-0.2, 0) is 11.3 Å². The van der Waals surface area contributed by atoms with E-state index in [9.17, 15) is 9.59 Å². The Morgan fingerprint density at radius 2 is 2.20 bits per heavy atom. The minimum absolute atomic E-state index is 0.0720. The van der Waals surface area contributed by atoms with Gasteiger partial charge in [-0.2, -0.15) is 0 Å². The van der Waals surface area contributed by atoms with E-state index in [-0.39, 0.29) is 16.6 Å². The van der Waals surface area contributed by atoms with Gasteiger partial charge in [0.15, 0.2) is 5.16 Å². The number of thioether (sulfide) groups is 1. The number of Topliss-reactive ketones (excluding diaryl/α,β-unsaturated/α-hetero) is 1. The first-order valence-corrected chi connectivity index (χ1v) is 7.98. The number of ketones is 1. The van der Waals surface area contributed by atoms with E-state index >= 15 is 0 Å². The number of carbonyl (C=O) groups excluding carboxylic acids is 1. The molecule has 1 aromatic carbocycles. The molecule has 20 heavy (non-hydrogen) atoms. The predicted octanol–water partition coefficient (Wildman–Crippen LogP) is 3.25. The van der Waals surface area contributed by atoms with E-state index in [0.29, 0.717) is 22.6 Å². The van der Waals surface area contributed by atoms with Crippen molar-refractivity contribution in [2.75, 3.05) is 0 Å². The summed E-state index contributed by atoms with van der Waals surface area (Å²) >= 11 is 4.69. The fourth-order valence-electron chi connectivity index (χ4n) is 1.78. The highest BCUT2D eigenvalue weighted by Gasteiger charge is 2.16. The van der Waals surface area contributed by atoms with Crippen molar-refractivity contribution < 1.29 is 4.79 Å². The summed E-state index contributed by atoms with van der Waals surface area (Å²) in [7, 11) is 0. The van der Waals surface area contributed by atoms with Gasteiger partial charge in [0.05, 0.1) is 16.2 Å². The number of benzene rings is 1. The highest BCUT2D eigenvalue weighted by molar-refractivity contribution is 9.10. The summed E-state index contributed by atoms with van der Waals surface area (Å²) in [5.41, 5.74) is 0.582. The van der Waals surface area contributed by atoms with Gasteiger partial charge in [0.1, 0.15) is 5.78 Å². The summed E-state index contributed by atoms with van der Waals surface area (Å²) in [5, 5.41) is 0.962. The maximum absolute atomic E-state index is 12.5. The van der Waals surface area contributed by atoms with Crippen LogP contribution in [0.4, 0.5) is 0 Å². The Morgan fingerprint density at radius 3 is 2.80 bits per heavy atom. The van der Waals surface area contributed by atoms with Gasteiger partial charge < -0.3 is 0 Å². The summed E-state index contributed by atoms with van der Waals surface area (Å²) in [6.07, 6.45) is 0. The summed E-state index contributed by atoms with van der Waals surface area (Å²) in [6.45, 7) is 5.80. The van der Waals surface area contributed by atoms with Crippen molar-refractivity contribution in [2.45, 2.75) is 37.7 Å². The highest BCUT2D eigenvalue weighted by Crippen LogP contribution is 2.24. The standard InChI is InChI=1S/C14H15BrN2O2S/c1-4-17-13(19)11-7-10(15)5-6-12(11)16-14(17)20-9(3)8(2)18/h5-7,9H,4H2,1-3H3. The van der Waals surface area contributed by atoms with Crippen LogP contribution in [0.3, 0.4) is 0 Å². The van der Waals surface area contributed by atoms with Gasteiger partial charge >= 0.3 is 0 Å². The molecule has 1 heterocycles. The van der Waals surface area contributed by atoms with Crippen LogP contribution in [0.1, 0.15) is 20.8 Å². The van der Waals surface area contributed by atoms with E-state index in [1.807, 2.05) is 26.0 Å². The normalized spacial score (nSPS) is 12.6. The fourth-order valence-corrected chi connectivity index (χ4v) is 3.12. The maximum Gasteiger partial charge on any atom is 0.262 e. The van der Waals surface area contributed by atoms with Gasteiger partial charge in [-0.25, -0.2) is 4.98 Å². The van der Waals surface area contributed by atoms with E-state index in [0.717, 1.165) is 4.47 Å². The van der Waals surface area contributed by atoms with Gasteiger partial charge in [-0.15, -0.1) is 0 Å². The van der Waals surface area contributed by atoms with Crippen LogP contribution < -0.4 is 5.56 Å². The fraction of sp³-hybridized carbons (Fsp3) is 0.357. The van der Waals surface area contributed by atoms with Crippen molar-refractivity contribution in [2.24, 2.45) is 0 Å². The Bertz CT molecular complexity index is 727. The molecule has 4 nitrogen and oxygen atoms in total. The molecule has 0 bridgehead atoms. The van der Waals surface area contributed by atoms with Gasteiger partial charge in [0.25, 0.3) is 5.56 Å². The van der Waals surface area contributed by atoms with Crippen molar-refractivity contribution >= 4 is 44.4 Å². The molecule has 0 N–H and O–H groups in total. The molecule has 1 aromatic heterocycles. The average molecular weight is 355 g/mol. The quantitative estimate of drug-likeness (QED) is 0.624. The summed E-state index contributed by atoms with van der Waals surface area (Å²) in [5.74, 6) is 0.0720. The molecule has 0 saturated carbocycles. The number of nitrogens with zero attached hydrogens (tertiary/aromatic N) is 2. The minimum atomic E-state index is -0.215. The number of hydrogen-bond acceptors (Lipinski definition) is 4. The van der Waals surface area contributed by atoms with Crippen molar-refractivity contribution in [3.8, 4) is 0 Å². The third kappa shape index (κ3) is 2.96. The number of carbonyl (C=O) groups is 1. The molecular formula is C14H15BrN2O2S. The lowest BCUT2D eigenvalue weighted by Gasteiger charge is -2.13. The lowest BCUT2D eigenvalue weighted by atomic mass is 10.2. The molecule has 106 valence electrons. The lowest BCUT2D eigenvalue weighted by Crippen LogP contribution is -2.23. The molecule has 0 fully saturated rings. The highest BCUT2D eigenvalue weighted by atomic mass is 79.9. The maximum atomic E-state index is 12.5. The second kappa shape index (κ2) is 6.10. The lowest BCUT2D eigenvalue weighted by molar-refractivity contribution is -0.116. The summed E-state index contributed by atoms with van der Waals surface area (Å²) in [6, 6.07) is 5.44. The molecule has 2 rings (SSSR count). The van der Waals surface area contributed by atoms with Crippen molar-refractivity contribution in [3.05, 3.63) is 33.0 Å². The molecule has 0 saturated heterocycles. The number of aromatic nitrogens is 2. The molecule has 1 atom stereocenters. The van der Waals surface area contributed by atoms with E-state index in [4.69, 9.17) is 0 Å². The van der Waals surface area contributed by atoms with E-state index in [1.165, 1.54) is 11.8 Å². The largest absolute Gasteiger partial charge is 0.299 e. The molecule has 0 aliphatic carbocycles. The molecule has 1 unspecified atom stereocenters. The molecule has 0 amide bonds. The molecule has 0 spiro atoms. The second-order valence-electron chi connectivity index (χ2n) is 4.48. The summed E-state index contributed by atoms with van der Waals surface area (Å²) in [4.78, 5) is 28.4. The van der Waals surface area contributed by atoms with Gasteiger partial charge in [0.2, 0.25) is 0 Å². The van der Waals surface area contributed by atoms with Crippen molar-refractivity contribution in [3.63, 3.8) is 0 Å². The molecule has 0 radical (unpaired) electrons. The zero-order valence-corrected chi connectivity index (χ0v) is 13.9. The smallest absolute Gasteiger partial charge is 0.262 e. The number of rotatable bonds is 4. The van der Waals surface area contributed by atoms with Crippen LogP contribution in [0.25, 0.3) is 10.9 Å². The molecule has 2 aromatic rings. The van der Waals surface area contributed by atoms with Crippen molar-refractivity contribution in [1.29, 1.82) is 0 Å². The zero-order chi connectivity index (χ0) is 14.9. The van der Waals surface area contributed by atoms with Crippen LogP contribution >= 0.6 is 27.7 Å². The molecule has 6 heteroatoms. The van der Waals surface area contributed by atoms with Crippen molar-refractivity contribution in [1.82, 2.24) is 9.55 Å². The number of halogens is 1. The van der Waals surface area contributed by atoms with E-state index < -0.39 is 0 Å². The van der Waals surface area contributed by atoms with Gasteiger partial charge in [0, 0.05) is 11.0 Å². The van der Waals surface area contributed by atoms with Crippen LogP contribution in [0.15, 0.2) is 32.6 Å².